The maximum Gasteiger partial charge on any atom is 0.341 e. The van der Waals surface area contributed by atoms with E-state index in [1.54, 1.807) is 14.0 Å². The van der Waals surface area contributed by atoms with Crippen LogP contribution in [-0.2, 0) is 16.0 Å². The molecular formula is C20H23NO4S. The van der Waals surface area contributed by atoms with Gasteiger partial charge in [-0.1, -0.05) is 17.7 Å². The lowest BCUT2D eigenvalue weighted by atomic mass is 10.1. The van der Waals surface area contributed by atoms with Gasteiger partial charge in [-0.2, -0.15) is 0 Å². The van der Waals surface area contributed by atoms with Crippen LogP contribution < -0.4 is 10.1 Å². The predicted octanol–water partition coefficient (Wildman–Crippen LogP) is 4.30. The first-order valence-corrected chi connectivity index (χ1v) is 9.63. The van der Waals surface area contributed by atoms with Gasteiger partial charge in [-0.15, -0.1) is 11.3 Å². The number of aryl methyl sites for hydroxylation is 1. The molecule has 2 aromatic rings. The van der Waals surface area contributed by atoms with Crippen LogP contribution in [0.3, 0.4) is 0 Å². The van der Waals surface area contributed by atoms with Gasteiger partial charge in [0.2, 0.25) is 5.91 Å². The first kappa shape index (κ1) is 18.5. The van der Waals surface area contributed by atoms with E-state index in [1.165, 1.54) is 11.3 Å². The first-order chi connectivity index (χ1) is 12.5. The highest BCUT2D eigenvalue weighted by Gasteiger charge is 2.32. The summed E-state index contributed by atoms with van der Waals surface area (Å²) in [7, 11) is 1.59. The summed E-state index contributed by atoms with van der Waals surface area (Å²) in [6.07, 6.45) is 2.35. The van der Waals surface area contributed by atoms with E-state index in [4.69, 9.17) is 9.47 Å². The monoisotopic (exact) mass is 373 g/mol. The molecule has 1 N–H and O–H groups in total. The van der Waals surface area contributed by atoms with Gasteiger partial charge in [-0.25, -0.2) is 4.79 Å². The number of nitrogens with one attached hydrogen (secondary N) is 1. The minimum atomic E-state index is -0.362. The lowest BCUT2D eigenvalue weighted by molar-refractivity contribution is -0.115. The molecule has 0 radical (unpaired) electrons. The van der Waals surface area contributed by atoms with Crippen molar-refractivity contribution in [1.29, 1.82) is 0 Å². The van der Waals surface area contributed by atoms with Gasteiger partial charge in [0.15, 0.2) is 0 Å². The zero-order valence-corrected chi connectivity index (χ0v) is 16.1. The van der Waals surface area contributed by atoms with Gasteiger partial charge in [0.25, 0.3) is 0 Å². The second kappa shape index (κ2) is 7.91. The van der Waals surface area contributed by atoms with Crippen LogP contribution in [0.4, 0.5) is 5.00 Å². The number of rotatable bonds is 7. The summed E-state index contributed by atoms with van der Waals surface area (Å²) >= 11 is 1.39. The minimum Gasteiger partial charge on any atom is -0.496 e. The van der Waals surface area contributed by atoms with Crippen LogP contribution in [0.25, 0.3) is 0 Å². The van der Waals surface area contributed by atoms with Crippen molar-refractivity contribution >= 4 is 28.2 Å². The number of hydrogen-bond acceptors (Lipinski definition) is 5. The van der Waals surface area contributed by atoms with Gasteiger partial charge in [0.1, 0.15) is 10.8 Å². The quantitative estimate of drug-likeness (QED) is 0.735. The number of hydrogen-bond donors (Lipinski definition) is 1. The second-order valence-electron chi connectivity index (χ2n) is 6.43. The van der Waals surface area contributed by atoms with E-state index in [0.29, 0.717) is 28.8 Å². The van der Waals surface area contributed by atoms with E-state index < -0.39 is 0 Å². The minimum absolute atomic E-state index is 0.177. The molecule has 0 atom stereocenters. The van der Waals surface area contributed by atoms with Crippen LogP contribution in [0.15, 0.2) is 23.6 Å². The van der Waals surface area contributed by atoms with Crippen LogP contribution >= 0.6 is 11.3 Å². The smallest absolute Gasteiger partial charge is 0.341 e. The van der Waals surface area contributed by atoms with E-state index in [2.05, 4.69) is 5.32 Å². The lowest BCUT2D eigenvalue weighted by Gasteiger charge is -2.11. The number of methoxy groups -OCH3 is 1. The summed E-state index contributed by atoms with van der Waals surface area (Å²) in [5.74, 6) is 0.553. The Balaban J connectivity index is 1.79. The summed E-state index contributed by atoms with van der Waals surface area (Å²) < 4.78 is 10.5. The number of thiophene rings is 1. The van der Waals surface area contributed by atoms with E-state index in [0.717, 1.165) is 29.5 Å². The molecule has 138 valence electrons. The molecule has 0 spiro atoms. The van der Waals surface area contributed by atoms with Crippen molar-refractivity contribution in [3.8, 4) is 5.75 Å². The van der Waals surface area contributed by atoms with Gasteiger partial charge >= 0.3 is 5.97 Å². The highest BCUT2D eigenvalue weighted by Crippen LogP contribution is 2.46. The third-order valence-electron chi connectivity index (χ3n) is 4.36. The number of anilines is 1. The number of carbonyl (C=O) groups excluding carboxylic acids is 2. The van der Waals surface area contributed by atoms with E-state index in [1.807, 2.05) is 30.5 Å². The Morgan fingerprint density at radius 1 is 1.31 bits per heavy atom. The first-order valence-electron chi connectivity index (χ1n) is 8.75. The van der Waals surface area contributed by atoms with Crippen molar-refractivity contribution in [2.24, 2.45) is 0 Å². The summed E-state index contributed by atoms with van der Waals surface area (Å²) in [5.41, 5.74) is 3.40. The lowest BCUT2D eigenvalue weighted by Crippen LogP contribution is -2.17. The molecule has 1 aromatic heterocycles. The fraction of sp³-hybridized carbons (Fsp3) is 0.400. The molecule has 5 nitrogen and oxygen atoms in total. The second-order valence-corrected chi connectivity index (χ2v) is 7.31. The van der Waals surface area contributed by atoms with Crippen molar-refractivity contribution in [2.75, 3.05) is 19.0 Å². The predicted molar refractivity (Wildman–Crippen MR) is 102 cm³/mol. The topological polar surface area (TPSA) is 64.6 Å². The zero-order chi connectivity index (χ0) is 18.7. The van der Waals surface area contributed by atoms with Crippen molar-refractivity contribution in [2.45, 2.75) is 39.0 Å². The van der Waals surface area contributed by atoms with Crippen molar-refractivity contribution < 1.29 is 19.1 Å². The van der Waals surface area contributed by atoms with Crippen molar-refractivity contribution in [3.05, 3.63) is 45.8 Å². The summed E-state index contributed by atoms with van der Waals surface area (Å²) in [4.78, 5) is 25.0. The molecule has 0 aliphatic heterocycles. The molecule has 1 aromatic carbocycles. The molecule has 1 amide bonds. The van der Waals surface area contributed by atoms with Gasteiger partial charge in [-0.05, 0) is 49.6 Å². The number of carbonyl (C=O) groups is 2. The molecular weight excluding hydrogens is 350 g/mol. The Labute approximate surface area is 157 Å². The maximum absolute atomic E-state index is 12.6. The number of amides is 1. The third-order valence-corrected chi connectivity index (χ3v) is 5.27. The molecule has 1 aliphatic carbocycles. The SMILES string of the molecule is CCOC(=O)c1c(C2CC2)csc1NC(=O)Cc1cc(C)ccc1OC. The molecule has 1 heterocycles. The largest absolute Gasteiger partial charge is 0.496 e. The molecule has 1 saturated carbocycles. The molecule has 1 aliphatic rings. The van der Waals surface area contributed by atoms with Gasteiger partial charge in [0.05, 0.1) is 25.7 Å². The number of esters is 1. The van der Waals surface area contributed by atoms with E-state index in [-0.39, 0.29) is 18.3 Å². The standard InChI is InChI=1S/C20H23NO4S/c1-4-25-20(23)18-15(13-6-7-13)11-26-19(18)21-17(22)10-14-9-12(2)5-8-16(14)24-3/h5,8-9,11,13H,4,6-7,10H2,1-3H3,(H,21,22). The molecule has 0 unspecified atom stereocenters. The van der Waals surface area contributed by atoms with Crippen LogP contribution in [0, 0.1) is 6.92 Å². The fourth-order valence-electron chi connectivity index (χ4n) is 2.96. The van der Waals surface area contributed by atoms with Crippen LogP contribution in [0.1, 0.15) is 52.7 Å². The normalized spacial score (nSPS) is 13.3. The number of ether oxygens (including phenoxy) is 2. The van der Waals surface area contributed by atoms with Crippen molar-refractivity contribution in [1.82, 2.24) is 0 Å². The van der Waals surface area contributed by atoms with E-state index >= 15 is 0 Å². The van der Waals surface area contributed by atoms with Crippen LogP contribution in [0.2, 0.25) is 0 Å². The Kier molecular flexibility index (Phi) is 5.61. The molecule has 3 rings (SSSR count). The average molecular weight is 373 g/mol. The highest BCUT2D eigenvalue weighted by atomic mass is 32.1. The molecule has 1 fully saturated rings. The fourth-order valence-corrected chi connectivity index (χ4v) is 4.01. The Morgan fingerprint density at radius 3 is 2.73 bits per heavy atom. The van der Waals surface area contributed by atoms with Gasteiger partial charge in [-0.3, -0.25) is 4.79 Å². The summed E-state index contributed by atoms with van der Waals surface area (Å²) in [6, 6.07) is 5.74. The molecule has 26 heavy (non-hydrogen) atoms. The van der Waals surface area contributed by atoms with Gasteiger partial charge < -0.3 is 14.8 Å². The Hall–Kier alpha value is -2.34. The molecule has 6 heteroatoms. The van der Waals surface area contributed by atoms with Crippen LogP contribution in [-0.4, -0.2) is 25.6 Å². The molecule has 0 saturated heterocycles. The van der Waals surface area contributed by atoms with Gasteiger partial charge in [0, 0.05) is 5.56 Å². The zero-order valence-electron chi connectivity index (χ0n) is 15.3. The molecule has 0 bridgehead atoms. The van der Waals surface area contributed by atoms with Crippen molar-refractivity contribution in [3.63, 3.8) is 0 Å². The number of benzene rings is 1. The summed E-state index contributed by atoms with van der Waals surface area (Å²) in [6.45, 7) is 4.07. The Bertz CT molecular complexity index is 823. The van der Waals surface area contributed by atoms with Crippen LogP contribution in [0.5, 0.6) is 5.75 Å². The Morgan fingerprint density at radius 2 is 2.08 bits per heavy atom. The third kappa shape index (κ3) is 4.07. The average Bonchev–Trinajstić information content (AvgIpc) is 3.36. The highest BCUT2D eigenvalue weighted by molar-refractivity contribution is 7.15. The summed E-state index contributed by atoms with van der Waals surface area (Å²) in [5, 5.41) is 5.43. The maximum atomic E-state index is 12.6. The van der Waals surface area contributed by atoms with E-state index in [9.17, 15) is 9.59 Å².